The van der Waals surface area contributed by atoms with Crippen molar-refractivity contribution in [3.8, 4) is 0 Å². The van der Waals surface area contributed by atoms with Crippen LogP contribution in [-0.2, 0) is 16.4 Å². The molecular weight excluding hydrogens is 296 g/mol. The molecule has 1 heterocycles. The Labute approximate surface area is 131 Å². The Bertz CT molecular complexity index is 876. The van der Waals surface area contributed by atoms with Crippen molar-refractivity contribution < 1.29 is 8.42 Å². The smallest absolute Gasteiger partial charge is 0.199 e. The van der Waals surface area contributed by atoms with Gasteiger partial charge in [0.1, 0.15) is 0 Å². The summed E-state index contributed by atoms with van der Waals surface area (Å²) in [4.78, 5) is 0.309. The molecule has 2 atom stereocenters. The quantitative estimate of drug-likeness (QED) is 0.856. The number of rotatable bonds is 2. The fraction of sp³-hybridized carbons (Fsp3) is 0.471. The van der Waals surface area contributed by atoms with E-state index in [0.29, 0.717) is 22.1 Å². The first kappa shape index (κ1) is 14.0. The highest BCUT2D eigenvalue weighted by molar-refractivity contribution is 7.89. The largest absolute Gasteiger partial charge is 0.283 e. The van der Waals surface area contributed by atoms with E-state index >= 15 is 0 Å². The Hall–Kier alpha value is -1.62. The number of hydrogen-bond acceptors (Lipinski definition) is 3. The highest BCUT2D eigenvalue weighted by Crippen LogP contribution is 2.70. The average molecular weight is 316 g/mol. The van der Waals surface area contributed by atoms with Gasteiger partial charge in [-0.15, -0.1) is 0 Å². The predicted molar refractivity (Wildman–Crippen MR) is 84.4 cm³/mol. The predicted octanol–water partition coefficient (Wildman–Crippen LogP) is 3.03. The van der Waals surface area contributed by atoms with E-state index < -0.39 is 10.0 Å². The number of nitrogens with zero attached hydrogens (tertiary/aromatic N) is 2. The van der Waals surface area contributed by atoms with Gasteiger partial charge in [0.25, 0.3) is 10.0 Å². The van der Waals surface area contributed by atoms with Crippen molar-refractivity contribution >= 4 is 10.0 Å². The summed E-state index contributed by atoms with van der Waals surface area (Å²) in [5, 5.41) is 4.37. The Balaban J connectivity index is 1.84. The summed E-state index contributed by atoms with van der Waals surface area (Å²) in [5.41, 5.74) is 4.27. The van der Waals surface area contributed by atoms with Crippen molar-refractivity contribution in [3.63, 3.8) is 0 Å². The van der Waals surface area contributed by atoms with Gasteiger partial charge in [-0.25, -0.2) is 0 Å². The fourth-order valence-electron chi connectivity index (χ4n) is 4.07. The van der Waals surface area contributed by atoms with Gasteiger partial charge in [-0.05, 0) is 49.7 Å². The Kier molecular flexibility index (Phi) is 2.56. The van der Waals surface area contributed by atoms with Crippen LogP contribution in [-0.4, -0.2) is 17.6 Å². The molecule has 1 fully saturated rings. The second-order valence-corrected chi connectivity index (χ2v) is 8.98. The highest BCUT2D eigenvalue weighted by Gasteiger charge is 2.64. The third kappa shape index (κ3) is 1.63. The molecule has 0 unspecified atom stereocenters. The van der Waals surface area contributed by atoms with Gasteiger partial charge in [-0.3, -0.25) is 0 Å². The average Bonchev–Trinajstić information content (AvgIpc) is 2.82. The van der Waals surface area contributed by atoms with E-state index in [1.54, 1.807) is 12.1 Å². The Morgan fingerprint density at radius 1 is 1.18 bits per heavy atom. The van der Waals surface area contributed by atoms with Crippen molar-refractivity contribution in [1.82, 2.24) is 9.19 Å². The molecule has 4 nitrogen and oxygen atoms in total. The summed E-state index contributed by atoms with van der Waals surface area (Å²) >= 11 is 0. The van der Waals surface area contributed by atoms with Crippen LogP contribution in [0.15, 0.2) is 29.2 Å². The molecule has 4 rings (SSSR count). The van der Waals surface area contributed by atoms with Crippen LogP contribution in [0, 0.1) is 25.2 Å². The van der Waals surface area contributed by atoms with Crippen molar-refractivity contribution in [1.29, 1.82) is 0 Å². The lowest BCUT2D eigenvalue weighted by Crippen LogP contribution is -2.18. The van der Waals surface area contributed by atoms with Crippen molar-refractivity contribution in [2.75, 3.05) is 0 Å². The summed E-state index contributed by atoms with van der Waals surface area (Å²) in [6.45, 7) is 8.39. The minimum Gasteiger partial charge on any atom is -0.199 e. The maximum Gasteiger partial charge on any atom is 0.283 e. The lowest BCUT2D eigenvalue weighted by Gasteiger charge is -2.11. The zero-order chi connectivity index (χ0) is 15.9. The van der Waals surface area contributed by atoms with Gasteiger partial charge < -0.3 is 0 Å². The normalized spacial score (nSPS) is 24.9. The summed E-state index contributed by atoms with van der Waals surface area (Å²) in [7, 11) is -3.59. The van der Waals surface area contributed by atoms with E-state index in [2.05, 4.69) is 18.9 Å². The molecule has 1 saturated carbocycles. The number of aryl methyl sites for hydroxylation is 2. The molecule has 0 N–H and O–H groups in total. The first-order chi connectivity index (χ1) is 10.2. The van der Waals surface area contributed by atoms with E-state index in [-0.39, 0.29) is 0 Å². The van der Waals surface area contributed by atoms with Crippen molar-refractivity contribution in [2.45, 2.75) is 44.9 Å². The van der Waals surface area contributed by atoms with Gasteiger partial charge in [0.05, 0.1) is 16.3 Å². The SMILES string of the molecule is Cc1ccc(S(=O)(=O)n2nc(C)c3c2C[C@@H]2[C@H]3C2(C)C)cc1. The van der Waals surface area contributed by atoms with Crippen LogP contribution < -0.4 is 0 Å². The molecule has 2 aliphatic carbocycles. The molecule has 0 aliphatic heterocycles. The van der Waals surface area contributed by atoms with Gasteiger partial charge in [0.2, 0.25) is 0 Å². The van der Waals surface area contributed by atoms with Crippen LogP contribution in [0.5, 0.6) is 0 Å². The number of aromatic nitrogens is 2. The van der Waals surface area contributed by atoms with E-state index in [4.69, 9.17) is 0 Å². The molecule has 2 aromatic rings. The Morgan fingerprint density at radius 3 is 2.45 bits per heavy atom. The molecule has 0 radical (unpaired) electrons. The lowest BCUT2D eigenvalue weighted by molar-refractivity contribution is 0.530. The molecule has 0 amide bonds. The minimum atomic E-state index is -3.59. The van der Waals surface area contributed by atoms with Crippen LogP contribution in [0.3, 0.4) is 0 Å². The van der Waals surface area contributed by atoms with Crippen molar-refractivity contribution in [3.05, 3.63) is 46.8 Å². The molecule has 116 valence electrons. The molecule has 1 aromatic carbocycles. The molecule has 0 spiro atoms. The van der Waals surface area contributed by atoms with E-state index in [9.17, 15) is 8.42 Å². The molecule has 22 heavy (non-hydrogen) atoms. The zero-order valence-corrected chi connectivity index (χ0v) is 14.1. The molecular formula is C17H20N2O2S. The third-order valence-corrected chi connectivity index (χ3v) is 7.12. The van der Waals surface area contributed by atoms with Gasteiger partial charge in [-0.2, -0.15) is 17.6 Å². The van der Waals surface area contributed by atoms with Crippen LogP contribution in [0.4, 0.5) is 0 Å². The second kappa shape index (κ2) is 4.02. The lowest BCUT2D eigenvalue weighted by atomic mass is 9.98. The zero-order valence-electron chi connectivity index (χ0n) is 13.3. The maximum absolute atomic E-state index is 12.9. The molecule has 1 aromatic heterocycles. The van der Waals surface area contributed by atoms with Crippen molar-refractivity contribution in [2.24, 2.45) is 11.3 Å². The van der Waals surface area contributed by atoms with Crippen LogP contribution in [0.1, 0.15) is 42.3 Å². The monoisotopic (exact) mass is 316 g/mol. The van der Waals surface area contributed by atoms with Crippen LogP contribution in [0.25, 0.3) is 0 Å². The molecule has 0 bridgehead atoms. The summed E-state index contributed by atoms with van der Waals surface area (Å²) in [6.07, 6.45) is 0.818. The molecule has 0 saturated heterocycles. The topological polar surface area (TPSA) is 52.0 Å². The maximum atomic E-state index is 12.9. The van der Waals surface area contributed by atoms with Crippen LogP contribution >= 0.6 is 0 Å². The number of fused-ring (bicyclic) bond motifs is 3. The van der Waals surface area contributed by atoms with Gasteiger partial charge in [-0.1, -0.05) is 31.5 Å². The van der Waals surface area contributed by atoms with Gasteiger partial charge >= 0.3 is 0 Å². The third-order valence-electron chi connectivity index (χ3n) is 5.49. The first-order valence-electron chi connectivity index (χ1n) is 7.65. The summed E-state index contributed by atoms with van der Waals surface area (Å²) in [6, 6.07) is 6.97. The van der Waals surface area contributed by atoms with E-state index in [1.165, 1.54) is 9.65 Å². The standard InChI is InChI=1S/C17H20N2O2S/c1-10-5-7-12(8-6-10)22(20,21)19-14-9-13-16(17(13,3)4)15(14)11(2)18-19/h5-8,13,16H,9H2,1-4H3/t13-,16-/m1/s1. The van der Waals surface area contributed by atoms with E-state index in [1.807, 2.05) is 26.0 Å². The first-order valence-corrected chi connectivity index (χ1v) is 9.09. The highest BCUT2D eigenvalue weighted by atomic mass is 32.2. The van der Waals surface area contributed by atoms with Gasteiger partial charge in [0.15, 0.2) is 0 Å². The van der Waals surface area contributed by atoms with E-state index in [0.717, 1.165) is 23.4 Å². The molecule has 5 heteroatoms. The number of benzene rings is 1. The fourth-order valence-corrected chi connectivity index (χ4v) is 5.44. The van der Waals surface area contributed by atoms with Gasteiger partial charge in [0, 0.05) is 5.56 Å². The summed E-state index contributed by atoms with van der Waals surface area (Å²) in [5.74, 6) is 1.04. The Morgan fingerprint density at radius 2 is 1.82 bits per heavy atom. The minimum absolute atomic E-state index is 0.291. The van der Waals surface area contributed by atoms with Crippen LogP contribution in [0.2, 0.25) is 0 Å². The molecule has 2 aliphatic rings. The second-order valence-electron chi connectivity index (χ2n) is 7.22. The summed E-state index contributed by atoms with van der Waals surface area (Å²) < 4.78 is 27.1. The number of hydrogen-bond donors (Lipinski definition) is 0.